The molecule has 5 nitrogen and oxygen atoms in total. The molecule has 22 heavy (non-hydrogen) atoms. The van der Waals surface area contributed by atoms with Crippen LogP contribution >= 0.6 is 34.7 Å². The molecule has 1 saturated carbocycles. The number of amides is 1. The zero-order valence-electron chi connectivity index (χ0n) is 11.3. The Bertz CT molecular complexity index is 692. The zero-order chi connectivity index (χ0) is 15.5. The Morgan fingerprint density at radius 3 is 3.05 bits per heavy atom. The van der Waals surface area contributed by atoms with Crippen LogP contribution in [0, 0.1) is 5.82 Å². The molecule has 1 amide bonds. The minimum absolute atomic E-state index is 0.0754. The van der Waals surface area contributed by atoms with Gasteiger partial charge in [0.15, 0.2) is 4.34 Å². The zero-order valence-corrected chi connectivity index (χ0v) is 13.7. The van der Waals surface area contributed by atoms with E-state index in [2.05, 4.69) is 20.8 Å². The van der Waals surface area contributed by atoms with Gasteiger partial charge in [0.1, 0.15) is 5.82 Å². The third-order valence-electron chi connectivity index (χ3n) is 2.84. The van der Waals surface area contributed by atoms with Crippen LogP contribution in [-0.2, 0) is 4.79 Å². The third-order valence-corrected chi connectivity index (χ3v) is 5.06. The van der Waals surface area contributed by atoms with Crippen molar-refractivity contribution >= 4 is 51.4 Å². The van der Waals surface area contributed by atoms with Gasteiger partial charge in [0.05, 0.1) is 11.4 Å². The highest BCUT2D eigenvalue weighted by Gasteiger charge is 2.22. The number of hydrogen-bond acceptors (Lipinski definition) is 6. The summed E-state index contributed by atoms with van der Waals surface area (Å²) in [6.45, 7) is 0. The fraction of sp³-hybridized carbons (Fsp3) is 0.308. The molecule has 0 atom stereocenters. The molecule has 116 valence electrons. The van der Waals surface area contributed by atoms with Crippen LogP contribution < -0.4 is 10.6 Å². The van der Waals surface area contributed by atoms with E-state index in [0.29, 0.717) is 15.4 Å². The largest absolute Gasteiger partial charge is 0.357 e. The molecule has 1 heterocycles. The van der Waals surface area contributed by atoms with Gasteiger partial charge in [0.2, 0.25) is 11.0 Å². The number of rotatable bonds is 6. The first kappa shape index (κ1) is 15.5. The summed E-state index contributed by atoms with van der Waals surface area (Å²) in [6, 6.07) is 4.53. The van der Waals surface area contributed by atoms with E-state index in [1.165, 1.54) is 41.3 Å². The number of benzene rings is 1. The van der Waals surface area contributed by atoms with Gasteiger partial charge in [-0.2, -0.15) is 0 Å². The maximum atomic E-state index is 13.5. The highest BCUT2D eigenvalue weighted by atomic mass is 35.5. The average Bonchev–Trinajstić information content (AvgIpc) is 3.18. The van der Waals surface area contributed by atoms with E-state index in [-0.39, 0.29) is 17.3 Å². The number of aromatic nitrogens is 2. The van der Waals surface area contributed by atoms with Gasteiger partial charge in [0, 0.05) is 11.1 Å². The standard InChI is InChI=1S/C13H12ClFN4OS2/c14-7-1-4-9(15)10(5-7)17-11(20)6-21-13-19-18-12(22-13)16-8-2-3-8/h1,4-5,8H,2-3,6H2,(H,16,18)(H,17,20). The van der Waals surface area contributed by atoms with Gasteiger partial charge in [-0.3, -0.25) is 4.79 Å². The second kappa shape index (κ2) is 6.80. The summed E-state index contributed by atoms with van der Waals surface area (Å²) >= 11 is 8.45. The number of nitrogens with zero attached hydrogens (tertiary/aromatic N) is 2. The first-order valence-corrected chi connectivity index (χ1v) is 8.76. The molecular formula is C13H12ClFN4OS2. The van der Waals surface area contributed by atoms with Crippen LogP contribution in [0.2, 0.25) is 5.02 Å². The summed E-state index contributed by atoms with van der Waals surface area (Å²) in [4.78, 5) is 11.8. The number of anilines is 2. The maximum absolute atomic E-state index is 13.5. The highest BCUT2D eigenvalue weighted by Crippen LogP contribution is 2.30. The molecule has 2 N–H and O–H groups in total. The predicted octanol–water partition coefficient (Wildman–Crippen LogP) is 3.64. The number of nitrogens with one attached hydrogen (secondary N) is 2. The summed E-state index contributed by atoms with van der Waals surface area (Å²) in [5.41, 5.74) is 0.0754. The Labute approximate surface area is 139 Å². The first-order chi connectivity index (χ1) is 10.6. The molecule has 0 saturated heterocycles. The molecule has 0 bridgehead atoms. The van der Waals surface area contributed by atoms with Crippen LogP contribution in [0.1, 0.15) is 12.8 Å². The van der Waals surface area contributed by atoms with E-state index >= 15 is 0 Å². The molecule has 1 aromatic carbocycles. The molecule has 0 unspecified atom stereocenters. The van der Waals surface area contributed by atoms with E-state index < -0.39 is 5.82 Å². The first-order valence-electron chi connectivity index (χ1n) is 6.58. The molecule has 1 fully saturated rings. The fourth-order valence-corrected chi connectivity index (χ4v) is 3.44. The number of carbonyl (C=O) groups excluding carboxylic acids is 1. The van der Waals surface area contributed by atoms with Crippen molar-refractivity contribution in [2.24, 2.45) is 0 Å². The molecule has 0 spiro atoms. The predicted molar refractivity (Wildman–Crippen MR) is 87.3 cm³/mol. The summed E-state index contributed by atoms with van der Waals surface area (Å²) in [5.74, 6) is -0.711. The van der Waals surface area contributed by atoms with Gasteiger partial charge in [-0.25, -0.2) is 4.39 Å². The third kappa shape index (κ3) is 4.31. The van der Waals surface area contributed by atoms with Crippen LogP contribution in [0.25, 0.3) is 0 Å². The highest BCUT2D eigenvalue weighted by molar-refractivity contribution is 8.01. The molecule has 2 aromatic rings. The Morgan fingerprint density at radius 1 is 1.45 bits per heavy atom. The van der Waals surface area contributed by atoms with Crippen molar-refractivity contribution in [3.05, 3.63) is 29.0 Å². The van der Waals surface area contributed by atoms with Crippen LogP contribution in [-0.4, -0.2) is 27.9 Å². The minimum Gasteiger partial charge on any atom is -0.357 e. The molecule has 0 aliphatic heterocycles. The Hall–Kier alpha value is -1.38. The fourth-order valence-electron chi connectivity index (χ4n) is 1.64. The lowest BCUT2D eigenvalue weighted by atomic mass is 10.3. The van der Waals surface area contributed by atoms with E-state index in [1.54, 1.807) is 0 Å². The molecule has 1 aliphatic rings. The van der Waals surface area contributed by atoms with E-state index in [9.17, 15) is 9.18 Å². The summed E-state index contributed by atoms with van der Waals surface area (Å²) in [5, 5.41) is 14.9. The second-order valence-corrected chi connectivity index (χ2v) is 7.39. The van der Waals surface area contributed by atoms with Crippen molar-refractivity contribution in [3.8, 4) is 0 Å². The van der Waals surface area contributed by atoms with Crippen LogP contribution in [0.3, 0.4) is 0 Å². The summed E-state index contributed by atoms with van der Waals surface area (Å²) in [6.07, 6.45) is 2.32. The van der Waals surface area contributed by atoms with Crippen molar-refractivity contribution in [3.63, 3.8) is 0 Å². The molecule has 1 aliphatic carbocycles. The number of halogens is 2. The lowest BCUT2D eigenvalue weighted by molar-refractivity contribution is -0.113. The van der Waals surface area contributed by atoms with Crippen LogP contribution in [0.5, 0.6) is 0 Å². The Kier molecular flexibility index (Phi) is 4.80. The van der Waals surface area contributed by atoms with Crippen molar-refractivity contribution in [2.75, 3.05) is 16.4 Å². The Balaban J connectivity index is 1.51. The topological polar surface area (TPSA) is 66.9 Å². The minimum atomic E-state index is -0.519. The monoisotopic (exact) mass is 358 g/mol. The number of hydrogen-bond donors (Lipinski definition) is 2. The number of thioether (sulfide) groups is 1. The molecule has 9 heteroatoms. The van der Waals surface area contributed by atoms with E-state index in [1.807, 2.05) is 0 Å². The normalized spacial score (nSPS) is 13.9. The molecule has 3 rings (SSSR count). The molecule has 1 aromatic heterocycles. The second-order valence-electron chi connectivity index (χ2n) is 4.75. The van der Waals surface area contributed by atoms with Gasteiger partial charge in [-0.15, -0.1) is 10.2 Å². The van der Waals surface area contributed by atoms with Crippen LogP contribution in [0.15, 0.2) is 22.5 Å². The van der Waals surface area contributed by atoms with Gasteiger partial charge >= 0.3 is 0 Å². The van der Waals surface area contributed by atoms with E-state index in [0.717, 1.165) is 18.0 Å². The van der Waals surface area contributed by atoms with Crippen molar-refractivity contribution in [1.82, 2.24) is 10.2 Å². The van der Waals surface area contributed by atoms with Crippen LogP contribution in [0.4, 0.5) is 15.2 Å². The van der Waals surface area contributed by atoms with Crippen molar-refractivity contribution in [2.45, 2.75) is 23.2 Å². The number of carbonyl (C=O) groups is 1. The maximum Gasteiger partial charge on any atom is 0.234 e. The van der Waals surface area contributed by atoms with Gasteiger partial charge in [-0.05, 0) is 31.0 Å². The summed E-state index contributed by atoms with van der Waals surface area (Å²) < 4.78 is 14.2. The van der Waals surface area contributed by atoms with Gasteiger partial charge in [0.25, 0.3) is 0 Å². The van der Waals surface area contributed by atoms with E-state index in [4.69, 9.17) is 11.6 Å². The van der Waals surface area contributed by atoms with Gasteiger partial charge < -0.3 is 10.6 Å². The van der Waals surface area contributed by atoms with Crippen molar-refractivity contribution < 1.29 is 9.18 Å². The lowest BCUT2D eigenvalue weighted by Gasteiger charge is -2.05. The lowest BCUT2D eigenvalue weighted by Crippen LogP contribution is -2.15. The Morgan fingerprint density at radius 2 is 2.27 bits per heavy atom. The molecule has 0 radical (unpaired) electrons. The smallest absolute Gasteiger partial charge is 0.234 e. The molecular weight excluding hydrogens is 347 g/mol. The quantitative estimate of drug-likeness (QED) is 0.772. The van der Waals surface area contributed by atoms with Crippen molar-refractivity contribution in [1.29, 1.82) is 0 Å². The summed E-state index contributed by atoms with van der Waals surface area (Å²) in [7, 11) is 0. The SMILES string of the molecule is O=C(CSc1nnc(NC2CC2)s1)Nc1cc(Cl)ccc1F. The average molecular weight is 359 g/mol. The van der Waals surface area contributed by atoms with Gasteiger partial charge in [-0.1, -0.05) is 34.7 Å².